The molecule has 1 aliphatic heterocycles. The number of rotatable bonds is 7. The van der Waals surface area contributed by atoms with Gasteiger partial charge in [-0.25, -0.2) is 0 Å². The maximum atomic E-state index is 12.7. The minimum atomic E-state index is -0.509. The van der Waals surface area contributed by atoms with Crippen molar-refractivity contribution in [1.82, 2.24) is 15.1 Å². The van der Waals surface area contributed by atoms with Gasteiger partial charge in [-0.2, -0.15) is 10.2 Å². The largest absolute Gasteiger partial charge is 0.352 e. The minimum absolute atomic E-state index is 0.0588. The Bertz CT molecular complexity index is 994. The van der Waals surface area contributed by atoms with E-state index < -0.39 is 6.04 Å². The quantitative estimate of drug-likeness (QED) is 0.710. The third kappa shape index (κ3) is 4.99. The molecule has 2 aliphatic rings. The summed E-state index contributed by atoms with van der Waals surface area (Å²) in [5.74, 6) is -0.535. The number of benzene rings is 1. The topological polar surface area (TPSA) is 109 Å². The Balaban J connectivity index is 1.38. The number of nitrogens with zero attached hydrogens (tertiary/aromatic N) is 4. The average Bonchev–Trinajstić information content (AvgIpc) is 3.49. The molecule has 4 rings (SSSR count). The van der Waals surface area contributed by atoms with Crippen LogP contribution >= 0.6 is 0 Å². The van der Waals surface area contributed by atoms with Crippen LogP contribution in [-0.4, -0.2) is 45.2 Å². The van der Waals surface area contributed by atoms with Crippen LogP contribution in [0.25, 0.3) is 0 Å². The van der Waals surface area contributed by atoms with Crippen molar-refractivity contribution < 1.29 is 14.4 Å². The van der Waals surface area contributed by atoms with E-state index in [0.29, 0.717) is 5.69 Å². The summed E-state index contributed by atoms with van der Waals surface area (Å²) >= 11 is 0. The second kappa shape index (κ2) is 9.11. The molecule has 2 heterocycles. The number of Topliss-reactive ketones (excluding diaryl/α,β-unsaturated/α-hetero) is 1. The zero-order valence-corrected chi connectivity index (χ0v) is 17.5. The Morgan fingerprint density at radius 2 is 1.87 bits per heavy atom. The molecule has 1 unspecified atom stereocenters. The first kappa shape index (κ1) is 20.8. The summed E-state index contributed by atoms with van der Waals surface area (Å²) < 4.78 is 1.49. The molecule has 1 aromatic carbocycles. The first-order chi connectivity index (χ1) is 15.0. The molecule has 9 nitrogen and oxygen atoms in total. The van der Waals surface area contributed by atoms with Gasteiger partial charge in [0, 0.05) is 18.7 Å². The summed E-state index contributed by atoms with van der Waals surface area (Å²) in [6.07, 6.45) is 7.68. The highest BCUT2D eigenvalue weighted by atomic mass is 16.2. The van der Waals surface area contributed by atoms with Gasteiger partial charge in [0.05, 0.1) is 17.6 Å². The molecule has 0 bridgehead atoms. The number of aromatic nitrogens is 2. The molecule has 2 N–H and O–H groups in total. The highest BCUT2D eigenvalue weighted by Gasteiger charge is 2.34. The number of carbonyl (C=O) groups is 3. The third-order valence-electron chi connectivity index (χ3n) is 5.58. The number of nitrogens with one attached hydrogen (secondary N) is 2. The molecule has 2 aromatic rings. The van der Waals surface area contributed by atoms with E-state index in [9.17, 15) is 14.4 Å². The van der Waals surface area contributed by atoms with E-state index in [1.165, 1.54) is 17.8 Å². The fourth-order valence-corrected chi connectivity index (χ4v) is 3.99. The number of ketones is 1. The first-order valence-corrected chi connectivity index (χ1v) is 10.5. The molecule has 1 aromatic heterocycles. The van der Waals surface area contributed by atoms with Gasteiger partial charge in [0.1, 0.15) is 18.3 Å². The molecule has 0 spiro atoms. The van der Waals surface area contributed by atoms with Crippen LogP contribution in [0.15, 0.2) is 47.8 Å². The van der Waals surface area contributed by atoms with Crippen molar-refractivity contribution >= 4 is 34.7 Å². The molecule has 31 heavy (non-hydrogen) atoms. The van der Waals surface area contributed by atoms with E-state index in [4.69, 9.17) is 0 Å². The molecule has 1 atom stereocenters. The fraction of sp³-hybridized carbons (Fsp3) is 0.409. The molecular weight excluding hydrogens is 396 g/mol. The van der Waals surface area contributed by atoms with Crippen molar-refractivity contribution in [3.63, 3.8) is 0 Å². The molecule has 0 saturated heterocycles. The van der Waals surface area contributed by atoms with Crippen LogP contribution in [0.4, 0.5) is 11.4 Å². The number of amides is 2. The van der Waals surface area contributed by atoms with Gasteiger partial charge >= 0.3 is 0 Å². The first-order valence-electron chi connectivity index (χ1n) is 10.5. The lowest BCUT2D eigenvalue weighted by Gasteiger charge is -2.20. The second-order valence-electron chi connectivity index (χ2n) is 7.99. The predicted octanol–water partition coefficient (Wildman–Crippen LogP) is 2.10. The lowest BCUT2D eigenvalue weighted by atomic mass is 10.1. The maximum absolute atomic E-state index is 12.7. The number of para-hydroxylation sites is 1. The van der Waals surface area contributed by atoms with Crippen molar-refractivity contribution in [1.29, 1.82) is 0 Å². The lowest BCUT2D eigenvalue weighted by Crippen LogP contribution is -2.35. The van der Waals surface area contributed by atoms with E-state index in [2.05, 4.69) is 20.8 Å². The summed E-state index contributed by atoms with van der Waals surface area (Å²) in [4.78, 5) is 37.0. The van der Waals surface area contributed by atoms with Crippen molar-refractivity contribution in [2.45, 2.75) is 57.7 Å². The molecule has 0 radical (unpaired) electrons. The Morgan fingerprint density at radius 1 is 1.13 bits per heavy atom. The SMILES string of the molecule is CC(=O)C1CC(C(=O)Nc2cnn(CC(=O)NC3CCCC3)c2)=NN1c1ccccc1. The van der Waals surface area contributed by atoms with Crippen LogP contribution in [0.1, 0.15) is 39.0 Å². The molecule has 9 heteroatoms. The minimum Gasteiger partial charge on any atom is -0.352 e. The van der Waals surface area contributed by atoms with Gasteiger partial charge in [0.25, 0.3) is 5.91 Å². The summed E-state index contributed by atoms with van der Waals surface area (Å²) in [5.41, 5.74) is 1.50. The highest BCUT2D eigenvalue weighted by Crippen LogP contribution is 2.25. The van der Waals surface area contributed by atoms with Gasteiger partial charge in [-0.1, -0.05) is 31.0 Å². The van der Waals surface area contributed by atoms with Crippen molar-refractivity contribution in [2.24, 2.45) is 5.10 Å². The smallest absolute Gasteiger partial charge is 0.272 e. The predicted molar refractivity (Wildman–Crippen MR) is 117 cm³/mol. The second-order valence-corrected chi connectivity index (χ2v) is 7.99. The molecule has 2 amide bonds. The normalized spacial score (nSPS) is 18.7. The lowest BCUT2D eigenvalue weighted by molar-refractivity contribution is -0.122. The molecule has 1 saturated carbocycles. The zero-order chi connectivity index (χ0) is 21.8. The molecule has 1 aliphatic carbocycles. The van der Waals surface area contributed by atoms with Crippen molar-refractivity contribution in [3.05, 3.63) is 42.7 Å². The third-order valence-corrected chi connectivity index (χ3v) is 5.58. The summed E-state index contributed by atoms with van der Waals surface area (Å²) in [7, 11) is 0. The number of anilines is 2. The van der Waals surface area contributed by atoms with Crippen molar-refractivity contribution in [2.75, 3.05) is 10.3 Å². The van der Waals surface area contributed by atoms with E-state index in [1.807, 2.05) is 30.3 Å². The number of hydrogen-bond acceptors (Lipinski definition) is 6. The maximum Gasteiger partial charge on any atom is 0.272 e. The number of hydrazone groups is 1. The fourth-order valence-electron chi connectivity index (χ4n) is 3.99. The monoisotopic (exact) mass is 422 g/mol. The van der Waals surface area contributed by atoms with Crippen molar-refractivity contribution in [3.8, 4) is 0 Å². The standard InChI is InChI=1S/C22H26N6O3/c1-15(29)20-11-19(26-28(20)18-9-3-2-4-10-18)22(31)25-17-12-23-27(13-17)14-21(30)24-16-7-5-6-8-16/h2-4,9-10,12-13,16,20H,5-8,11,14H2,1H3,(H,24,30)(H,25,31). The Morgan fingerprint density at radius 3 is 2.58 bits per heavy atom. The van der Waals surface area contributed by atoms with Crippen LogP contribution in [-0.2, 0) is 20.9 Å². The van der Waals surface area contributed by atoms with Gasteiger partial charge in [0.2, 0.25) is 5.91 Å². The van der Waals surface area contributed by atoms with E-state index in [0.717, 1.165) is 31.4 Å². The highest BCUT2D eigenvalue weighted by molar-refractivity contribution is 6.44. The van der Waals surface area contributed by atoms with Crippen LogP contribution in [0, 0.1) is 0 Å². The van der Waals surface area contributed by atoms with Crippen LogP contribution in [0.3, 0.4) is 0 Å². The molecular formula is C22H26N6O3. The average molecular weight is 422 g/mol. The van der Waals surface area contributed by atoms with E-state index in [-0.39, 0.29) is 42.3 Å². The van der Waals surface area contributed by atoms with E-state index >= 15 is 0 Å². The van der Waals surface area contributed by atoms with Gasteiger partial charge in [-0.3, -0.25) is 24.1 Å². The molecule has 1 fully saturated rings. The van der Waals surface area contributed by atoms with Gasteiger partial charge < -0.3 is 10.6 Å². The van der Waals surface area contributed by atoms with Gasteiger partial charge in [-0.15, -0.1) is 0 Å². The molecule has 162 valence electrons. The summed E-state index contributed by atoms with van der Waals surface area (Å²) in [5, 5.41) is 15.9. The summed E-state index contributed by atoms with van der Waals surface area (Å²) in [6.45, 7) is 1.60. The van der Waals surface area contributed by atoms with Gasteiger partial charge in [0.15, 0.2) is 5.78 Å². The summed E-state index contributed by atoms with van der Waals surface area (Å²) in [6, 6.07) is 9.04. The number of carbonyl (C=O) groups excluding carboxylic acids is 3. The Kier molecular flexibility index (Phi) is 6.11. The van der Waals surface area contributed by atoms with Crippen LogP contribution in [0.5, 0.6) is 0 Å². The van der Waals surface area contributed by atoms with Crippen LogP contribution < -0.4 is 15.6 Å². The van der Waals surface area contributed by atoms with Gasteiger partial charge in [-0.05, 0) is 31.9 Å². The Hall–Kier alpha value is -3.49. The van der Waals surface area contributed by atoms with E-state index in [1.54, 1.807) is 11.2 Å². The Labute approximate surface area is 180 Å². The zero-order valence-electron chi connectivity index (χ0n) is 17.5. The van der Waals surface area contributed by atoms with Crippen LogP contribution in [0.2, 0.25) is 0 Å². The number of hydrogen-bond donors (Lipinski definition) is 2.